The highest BCUT2D eigenvalue weighted by Crippen LogP contribution is 2.30. The number of hydrogen-bond acceptors (Lipinski definition) is 12. The molecule has 0 spiro atoms. The molecular formula is C45H48N8O10. The van der Waals surface area contributed by atoms with Crippen molar-refractivity contribution in [1.29, 1.82) is 0 Å². The van der Waals surface area contributed by atoms with Crippen LogP contribution in [0, 0.1) is 11.8 Å². The molecule has 1 unspecified atom stereocenters. The lowest BCUT2D eigenvalue weighted by molar-refractivity contribution is -0.136. The molecule has 18 nitrogen and oxygen atoms in total. The molecule has 18 heteroatoms. The molecule has 0 bridgehead atoms. The molecule has 1 atom stereocenters. The Balaban J connectivity index is 0.722. The summed E-state index contributed by atoms with van der Waals surface area (Å²) in [6.45, 7) is 9.15. The standard InChI is InChI=1S/C45H48N8O10/c1-45(2,3)37-27-38(51-50-37)48-44(58)47-30-9-11-31(12-10-30)52-28-46-34-26-32(13-14-35(34)52)63-25-24-62-23-22-61-21-20-60-19-18-59-17-5-7-29-6-4-8-33-40(29)43(57)53(42(33)56)36-15-16-39(54)49-41(36)55/h4,6,8-14,26-28,36H,15-25H2,1-3H3,(H,49,54,55)(H3,47,48,50,51,58). The van der Waals surface area contributed by atoms with Crippen LogP contribution in [0.1, 0.15) is 65.6 Å². The van der Waals surface area contributed by atoms with Gasteiger partial charge < -0.3 is 29.0 Å². The molecule has 6 amide bonds. The number of imidazole rings is 1. The summed E-state index contributed by atoms with van der Waals surface area (Å²) in [5, 5.41) is 14.9. The van der Waals surface area contributed by atoms with Crippen LogP contribution < -0.4 is 20.7 Å². The van der Waals surface area contributed by atoms with Gasteiger partial charge in [0.05, 0.1) is 74.1 Å². The van der Waals surface area contributed by atoms with Crippen molar-refractivity contribution in [2.75, 3.05) is 70.1 Å². The molecule has 4 N–H and O–H groups in total. The number of hydrogen-bond donors (Lipinski definition) is 4. The Morgan fingerprint density at radius 1 is 0.841 bits per heavy atom. The van der Waals surface area contributed by atoms with Crippen molar-refractivity contribution in [2.45, 2.75) is 45.1 Å². The van der Waals surface area contributed by atoms with E-state index in [0.717, 1.165) is 27.3 Å². The van der Waals surface area contributed by atoms with Crippen molar-refractivity contribution in [3.63, 3.8) is 0 Å². The molecule has 4 heterocycles. The van der Waals surface area contributed by atoms with E-state index in [2.05, 4.69) is 63.7 Å². The molecule has 2 aromatic heterocycles. The number of rotatable bonds is 18. The minimum absolute atomic E-state index is 0.0467. The van der Waals surface area contributed by atoms with Gasteiger partial charge in [0.2, 0.25) is 11.8 Å². The number of fused-ring (bicyclic) bond motifs is 2. The molecule has 0 saturated carbocycles. The second-order valence-corrected chi connectivity index (χ2v) is 15.5. The lowest BCUT2D eigenvalue weighted by Crippen LogP contribution is -2.54. The van der Waals surface area contributed by atoms with Crippen LogP contribution in [-0.2, 0) is 34.0 Å². The number of amides is 6. The van der Waals surface area contributed by atoms with E-state index in [0.29, 0.717) is 75.7 Å². The van der Waals surface area contributed by atoms with Gasteiger partial charge in [-0.15, -0.1) is 0 Å². The van der Waals surface area contributed by atoms with Crippen LogP contribution in [0.25, 0.3) is 16.7 Å². The fraction of sp³-hybridized carbons (Fsp3) is 0.356. The smallest absolute Gasteiger partial charge is 0.324 e. The average molecular weight is 861 g/mol. The Hall–Kier alpha value is -6.91. The Bertz CT molecular complexity index is 2530. The number of ether oxygens (including phenoxy) is 5. The van der Waals surface area contributed by atoms with Crippen molar-refractivity contribution < 1.29 is 47.7 Å². The molecule has 2 aliphatic rings. The van der Waals surface area contributed by atoms with Crippen molar-refractivity contribution in [3.8, 4) is 23.3 Å². The zero-order chi connectivity index (χ0) is 44.3. The molecule has 1 fully saturated rings. The van der Waals surface area contributed by atoms with E-state index in [-0.39, 0.29) is 42.0 Å². The van der Waals surface area contributed by atoms with E-state index >= 15 is 0 Å². The second-order valence-electron chi connectivity index (χ2n) is 15.5. The third-order valence-corrected chi connectivity index (χ3v) is 9.99. The van der Waals surface area contributed by atoms with Crippen LogP contribution in [0.2, 0.25) is 0 Å². The van der Waals surface area contributed by atoms with Crippen LogP contribution in [-0.4, -0.2) is 120 Å². The van der Waals surface area contributed by atoms with Crippen LogP contribution in [0.3, 0.4) is 0 Å². The molecule has 3 aromatic carbocycles. The van der Waals surface area contributed by atoms with Gasteiger partial charge in [0.25, 0.3) is 11.8 Å². The number of carbonyl (C=O) groups is 5. The number of benzene rings is 3. The van der Waals surface area contributed by atoms with Gasteiger partial charge in [-0.2, -0.15) is 5.10 Å². The first-order chi connectivity index (χ1) is 30.5. The van der Waals surface area contributed by atoms with E-state index in [1.165, 1.54) is 6.07 Å². The summed E-state index contributed by atoms with van der Waals surface area (Å²) >= 11 is 0. The van der Waals surface area contributed by atoms with Crippen molar-refractivity contribution >= 4 is 52.2 Å². The number of aromatic nitrogens is 4. The first kappa shape index (κ1) is 44.2. The maximum Gasteiger partial charge on any atom is 0.324 e. The van der Waals surface area contributed by atoms with Crippen molar-refractivity contribution in [1.82, 2.24) is 30.0 Å². The fourth-order valence-corrected chi connectivity index (χ4v) is 6.80. The van der Waals surface area contributed by atoms with Gasteiger partial charge >= 0.3 is 6.03 Å². The summed E-state index contributed by atoms with van der Waals surface area (Å²) in [7, 11) is 0. The summed E-state index contributed by atoms with van der Waals surface area (Å²) in [6.07, 6.45) is 1.87. The van der Waals surface area contributed by atoms with E-state index in [9.17, 15) is 24.0 Å². The third-order valence-electron chi connectivity index (χ3n) is 9.99. The summed E-state index contributed by atoms with van der Waals surface area (Å²) in [6, 6.07) is 18.3. The maximum absolute atomic E-state index is 13.2. The minimum Gasteiger partial charge on any atom is -0.491 e. The Labute approximate surface area is 362 Å². The van der Waals surface area contributed by atoms with Crippen molar-refractivity contribution in [3.05, 3.63) is 95.4 Å². The SMILES string of the molecule is CC(C)(C)c1cc(NC(=O)Nc2ccc(-n3cnc4cc(OCCOCCOCCOCCOCC#Cc5cccc6c5C(=O)N(C5CCC(=O)NC5=O)C6=O)ccc43)cc2)[nH]n1. The van der Waals surface area contributed by atoms with Gasteiger partial charge in [-0.25, -0.2) is 9.78 Å². The molecule has 1 saturated heterocycles. The molecule has 7 rings (SSSR count). The first-order valence-corrected chi connectivity index (χ1v) is 20.4. The van der Waals surface area contributed by atoms with Crippen molar-refractivity contribution in [2.24, 2.45) is 0 Å². The Morgan fingerprint density at radius 3 is 2.25 bits per heavy atom. The molecule has 63 heavy (non-hydrogen) atoms. The number of anilines is 2. The van der Waals surface area contributed by atoms with Crippen LogP contribution in [0.4, 0.5) is 16.3 Å². The summed E-state index contributed by atoms with van der Waals surface area (Å²) in [5.41, 5.74) is 4.58. The highest BCUT2D eigenvalue weighted by Gasteiger charge is 2.45. The number of urea groups is 1. The Morgan fingerprint density at radius 2 is 1.56 bits per heavy atom. The maximum atomic E-state index is 13.2. The highest BCUT2D eigenvalue weighted by atomic mass is 16.6. The van der Waals surface area contributed by atoms with Crippen LogP contribution in [0.15, 0.2) is 73.1 Å². The number of imide groups is 2. The molecular weight excluding hydrogens is 813 g/mol. The predicted octanol–water partition coefficient (Wildman–Crippen LogP) is 4.59. The predicted molar refractivity (Wildman–Crippen MR) is 230 cm³/mol. The zero-order valence-corrected chi connectivity index (χ0v) is 35.2. The monoisotopic (exact) mass is 860 g/mol. The first-order valence-electron chi connectivity index (χ1n) is 20.4. The minimum atomic E-state index is -1.04. The highest BCUT2D eigenvalue weighted by molar-refractivity contribution is 6.24. The van der Waals surface area contributed by atoms with Crippen LogP contribution in [0.5, 0.6) is 5.75 Å². The van der Waals surface area contributed by atoms with Gasteiger partial charge in [-0.05, 0) is 55.0 Å². The molecule has 2 aliphatic heterocycles. The third kappa shape index (κ3) is 11.1. The quantitative estimate of drug-likeness (QED) is 0.0541. The normalized spacial score (nSPS) is 15.0. The zero-order valence-electron chi connectivity index (χ0n) is 35.2. The Kier molecular flexibility index (Phi) is 14.2. The number of H-pyrrole nitrogens is 1. The van der Waals surface area contributed by atoms with E-state index in [1.54, 1.807) is 18.5 Å². The largest absolute Gasteiger partial charge is 0.491 e. The van der Waals surface area contributed by atoms with E-state index in [1.807, 2.05) is 53.1 Å². The summed E-state index contributed by atoms with van der Waals surface area (Å²) < 4.78 is 30.1. The summed E-state index contributed by atoms with van der Waals surface area (Å²) in [5.74, 6) is 4.65. The average Bonchev–Trinajstić information content (AvgIpc) is 3.97. The van der Waals surface area contributed by atoms with Gasteiger partial charge in [0.1, 0.15) is 37.2 Å². The van der Waals surface area contributed by atoms with E-state index in [4.69, 9.17) is 23.7 Å². The second kappa shape index (κ2) is 20.3. The number of piperidine rings is 1. The molecule has 0 aliphatic carbocycles. The number of aromatic amines is 1. The molecule has 328 valence electrons. The van der Waals surface area contributed by atoms with E-state index < -0.39 is 29.7 Å². The lowest BCUT2D eigenvalue weighted by atomic mass is 9.92. The van der Waals surface area contributed by atoms with Gasteiger partial charge in [-0.1, -0.05) is 38.7 Å². The molecule has 0 radical (unpaired) electrons. The fourth-order valence-electron chi connectivity index (χ4n) is 6.80. The topological polar surface area (TPSA) is 217 Å². The number of nitrogens with one attached hydrogen (secondary N) is 4. The van der Waals surface area contributed by atoms with Gasteiger partial charge in [0.15, 0.2) is 0 Å². The number of nitrogens with zero attached hydrogens (tertiary/aromatic N) is 4. The van der Waals surface area contributed by atoms with Gasteiger partial charge in [-0.3, -0.25) is 44.4 Å². The van der Waals surface area contributed by atoms with Gasteiger partial charge in [0, 0.05) is 40.9 Å². The summed E-state index contributed by atoms with van der Waals surface area (Å²) in [4.78, 5) is 68.0. The number of carbonyl (C=O) groups excluding carboxylic acids is 5. The van der Waals surface area contributed by atoms with Crippen LogP contribution >= 0.6 is 0 Å². The molecule has 5 aromatic rings. The lowest BCUT2D eigenvalue weighted by Gasteiger charge is -2.27.